The Hall–Kier alpha value is -2.91. The van der Waals surface area contributed by atoms with E-state index in [1.54, 1.807) is 10.9 Å². The molecule has 3 aromatic rings. The molecule has 2 aromatic carbocycles. The SMILES string of the molecule is N#Cc1ccc(S(=O)(=O)CCn2cc(-c3ccccc3)cn2)cc1. The second kappa shape index (κ2) is 6.69. The molecular weight excluding hydrogens is 322 g/mol. The zero-order chi connectivity index (χ0) is 17.0. The molecule has 0 bridgehead atoms. The van der Waals surface area contributed by atoms with Crippen molar-refractivity contribution in [3.05, 3.63) is 72.6 Å². The standard InChI is InChI=1S/C18H15N3O2S/c19-12-15-6-8-18(9-7-15)24(22,23)11-10-21-14-17(13-20-21)16-4-2-1-3-5-16/h1-9,13-14H,10-11H2. The summed E-state index contributed by atoms with van der Waals surface area (Å²) in [5, 5.41) is 13.0. The Morgan fingerprint density at radius 1 is 1.00 bits per heavy atom. The fourth-order valence-electron chi connectivity index (χ4n) is 2.33. The van der Waals surface area contributed by atoms with Gasteiger partial charge in [-0.15, -0.1) is 0 Å². The lowest BCUT2D eigenvalue weighted by molar-refractivity contribution is 0.580. The Balaban J connectivity index is 1.71. The van der Waals surface area contributed by atoms with Gasteiger partial charge in [0.25, 0.3) is 0 Å². The Bertz CT molecular complexity index is 969. The van der Waals surface area contributed by atoms with Gasteiger partial charge in [0.05, 0.1) is 35.0 Å². The van der Waals surface area contributed by atoms with Crippen molar-refractivity contribution in [3.63, 3.8) is 0 Å². The van der Waals surface area contributed by atoms with Gasteiger partial charge in [-0.05, 0) is 29.8 Å². The molecule has 0 atom stereocenters. The molecule has 1 heterocycles. The fraction of sp³-hybridized carbons (Fsp3) is 0.111. The molecular formula is C18H15N3O2S. The molecule has 0 radical (unpaired) electrons. The third kappa shape index (κ3) is 3.53. The first-order chi connectivity index (χ1) is 11.6. The van der Waals surface area contributed by atoms with Gasteiger partial charge in [0, 0.05) is 11.8 Å². The molecule has 0 saturated heterocycles. The minimum absolute atomic E-state index is 0.0468. The smallest absolute Gasteiger partial charge is 0.180 e. The number of nitriles is 1. The van der Waals surface area contributed by atoms with Crippen molar-refractivity contribution in [2.75, 3.05) is 5.75 Å². The summed E-state index contributed by atoms with van der Waals surface area (Å²) in [5.74, 6) is -0.0468. The van der Waals surface area contributed by atoms with Crippen LogP contribution in [0.2, 0.25) is 0 Å². The molecule has 0 saturated carbocycles. The number of hydrogen-bond acceptors (Lipinski definition) is 4. The van der Waals surface area contributed by atoms with Gasteiger partial charge in [-0.3, -0.25) is 4.68 Å². The molecule has 0 amide bonds. The third-order valence-corrected chi connectivity index (χ3v) is 5.38. The zero-order valence-electron chi connectivity index (χ0n) is 12.8. The highest BCUT2D eigenvalue weighted by Crippen LogP contribution is 2.18. The molecule has 0 aliphatic carbocycles. The zero-order valence-corrected chi connectivity index (χ0v) is 13.6. The topological polar surface area (TPSA) is 75.8 Å². The van der Waals surface area contributed by atoms with Gasteiger partial charge in [-0.1, -0.05) is 30.3 Å². The van der Waals surface area contributed by atoms with Crippen LogP contribution in [0.1, 0.15) is 5.56 Å². The quantitative estimate of drug-likeness (QED) is 0.717. The van der Waals surface area contributed by atoms with Crippen molar-refractivity contribution in [1.82, 2.24) is 9.78 Å². The number of aromatic nitrogens is 2. The highest BCUT2D eigenvalue weighted by atomic mass is 32.2. The van der Waals surface area contributed by atoms with Crippen molar-refractivity contribution >= 4 is 9.84 Å². The molecule has 0 aliphatic heterocycles. The number of hydrogen-bond donors (Lipinski definition) is 0. The summed E-state index contributed by atoms with van der Waals surface area (Å²) in [7, 11) is -3.41. The third-order valence-electron chi connectivity index (χ3n) is 3.67. The maximum atomic E-state index is 12.4. The molecule has 24 heavy (non-hydrogen) atoms. The summed E-state index contributed by atoms with van der Waals surface area (Å²) in [6, 6.07) is 17.7. The van der Waals surface area contributed by atoms with Crippen molar-refractivity contribution in [1.29, 1.82) is 5.26 Å². The number of sulfone groups is 1. The Kier molecular flexibility index (Phi) is 4.45. The van der Waals surface area contributed by atoms with Crippen LogP contribution in [0.5, 0.6) is 0 Å². The van der Waals surface area contributed by atoms with Crippen LogP contribution in [0.15, 0.2) is 71.9 Å². The summed E-state index contributed by atoms with van der Waals surface area (Å²) in [6.45, 7) is 0.273. The van der Waals surface area contributed by atoms with Crippen LogP contribution < -0.4 is 0 Å². The van der Waals surface area contributed by atoms with Gasteiger partial charge >= 0.3 is 0 Å². The summed E-state index contributed by atoms with van der Waals surface area (Å²) < 4.78 is 26.3. The Morgan fingerprint density at radius 3 is 2.38 bits per heavy atom. The predicted octanol–water partition coefficient (Wildman–Crippen LogP) is 2.90. The van der Waals surface area contributed by atoms with Gasteiger partial charge in [0.15, 0.2) is 9.84 Å². The van der Waals surface area contributed by atoms with E-state index in [2.05, 4.69) is 5.10 Å². The van der Waals surface area contributed by atoms with Gasteiger partial charge < -0.3 is 0 Å². The number of rotatable bonds is 5. The maximum Gasteiger partial charge on any atom is 0.180 e. The number of benzene rings is 2. The van der Waals surface area contributed by atoms with Crippen LogP contribution in [0.3, 0.4) is 0 Å². The summed E-state index contributed by atoms with van der Waals surface area (Å²) in [6.07, 6.45) is 3.56. The average molecular weight is 337 g/mol. The molecule has 0 N–H and O–H groups in total. The molecule has 6 heteroatoms. The maximum absolute atomic E-state index is 12.4. The minimum Gasteiger partial charge on any atom is -0.271 e. The normalized spacial score (nSPS) is 11.1. The van der Waals surface area contributed by atoms with Crippen molar-refractivity contribution in [2.24, 2.45) is 0 Å². The van der Waals surface area contributed by atoms with Crippen molar-refractivity contribution in [2.45, 2.75) is 11.4 Å². The van der Waals surface area contributed by atoms with E-state index in [0.717, 1.165) is 11.1 Å². The first kappa shape index (κ1) is 16.0. The van der Waals surface area contributed by atoms with Crippen molar-refractivity contribution < 1.29 is 8.42 Å². The van der Waals surface area contributed by atoms with Gasteiger partial charge in [0.2, 0.25) is 0 Å². The average Bonchev–Trinajstić information content (AvgIpc) is 3.10. The molecule has 1 aromatic heterocycles. The lowest BCUT2D eigenvalue weighted by Gasteiger charge is -2.05. The molecule has 0 unspecified atom stereocenters. The van der Waals surface area contributed by atoms with Crippen LogP contribution in [0.25, 0.3) is 11.1 Å². The molecule has 5 nitrogen and oxygen atoms in total. The molecule has 0 spiro atoms. The molecule has 0 fully saturated rings. The minimum atomic E-state index is -3.41. The van der Waals surface area contributed by atoms with E-state index in [4.69, 9.17) is 5.26 Å². The van der Waals surface area contributed by atoms with E-state index in [9.17, 15) is 8.42 Å². The van der Waals surface area contributed by atoms with E-state index >= 15 is 0 Å². The first-order valence-corrected chi connectivity index (χ1v) is 9.04. The Morgan fingerprint density at radius 2 is 1.71 bits per heavy atom. The molecule has 3 rings (SSSR count). The number of nitrogens with zero attached hydrogens (tertiary/aromatic N) is 3. The second-order valence-corrected chi connectivity index (χ2v) is 7.42. The molecule has 0 aliphatic rings. The summed E-state index contributed by atoms with van der Waals surface area (Å²) in [5.41, 5.74) is 2.43. The van der Waals surface area contributed by atoms with Crippen LogP contribution in [-0.4, -0.2) is 24.0 Å². The van der Waals surface area contributed by atoms with Gasteiger partial charge in [-0.2, -0.15) is 10.4 Å². The van der Waals surface area contributed by atoms with E-state index in [1.807, 2.05) is 42.6 Å². The van der Waals surface area contributed by atoms with E-state index < -0.39 is 9.84 Å². The second-order valence-electron chi connectivity index (χ2n) is 5.31. The monoisotopic (exact) mass is 337 g/mol. The highest BCUT2D eigenvalue weighted by molar-refractivity contribution is 7.91. The van der Waals surface area contributed by atoms with E-state index in [1.165, 1.54) is 24.3 Å². The Labute approximate surface area is 140 Å². The lowest BCUT2D eigenvalue weighted by atomic mass is 10.1. The van der Waals surface area contributed by atoms with Gasteiger partial charge in [0.1, 0.15) is 0 Å². The highest BCUT2D eigenvalue weighted by Gasteiger charge is 2.15. The molecule has 120 valence electrons. The lowest BCUT2D eigenvalue weighted by Crippen LogP contribution is -2.13. The van der Waals surface area contributed by atoms with Crippen LogP contribution in [0.4, 0.5) is 0 Å². The summed E-state index contributed by atoms with van der Waals surface area (Å²) >= 11 is 0. The predicted molar refractivity (Wildman–Crippen MR) is 90.9 cm³/mol. The first-order valence-electron chi connectivity index (χ1n) is 7.39. The van der Waals surface area contributed by atoms with Crippen LogP contribution in [0, 0.1) is 11.3 Å². The van der Waals surface area contributed by atoms with Crippen LogP contribution in [-0.2, 0) is 16.4 Å². The fourth-order valence-corrected chi connectivity index (χ4v) is 3.55. The van der Waals surface area contributed by atoms with Gasteiger partial charge in [-0.25, -0.2) is 8.42 Å². The van der Waals surface area contributed by atoms with E-state index in [0.29, 0.717) is 5.56 Å². The number of aryl methyl sites for hydroxylation is 1. The van der Waals surface area contributed by atoms with Crippen LogP contribution >= 0.6 is 0 Å². The van der Waals surface area contributed by atoms with E-state index in [-0.39, 0.29) is 17.2 Å². The largest absolute Gasteiger partial charge is 0.271 e. The summed E-state index contributed by atoms with van der Waals surface area (Å²) in [4.78, 5) is 0.219. The van der Waals surface area contributed by atoms with Crippen molar-refractivity contribution in [3.8, 4) is 17.2 Å².